The molecule has 1 aliphatic rings. The Bertz CT molecular complexity index is 972. The molecule has 0 unspecified atom stereocenters. The lowest BCUT2D eigenvalue weighted by molar-refractivity contribution is -0.120. The van der Waals surface area contributed by atoms with Crippen LogP contribution < -0.4 is 15.0 Å². The van der Waals surface area contributed by atoms with Crippen molar-refractivity contribution < 1.29 is 9.53 Å². The minimum atomic E-state index is -0.119. The van der Waals surface area contributed by atoms with Gasteiger partial charge in [-0.1, -0.05) is 11.6 Å². The molecule has 28 heavy (non-hydrogen) atoms. The summed E-state index contributed by atoms with van der Waals surface area (Å²) in [6.07, 6.45) is 3.56. The smallest absolute Gasteiger partial charge is 0.231 e. The molecule has 2 aromatic heterocycles. The van der Waals surface area contributed by atoms with E-state index in [4.69, 9.17) is 16.3 Å². The summed E-state index contributed by atoms with van der Waals surface area (Å²) >= 11 is 6.12. The van der Waals surface area contributed by atoms with Crippen LogP contribution in [-0.4, -0.2) is 40.2 Å². The summed E-state index contributed by atoms with van der Waals surface area (Å²) in [6.45, 7) is 3.99. The minimum Gasteiger partial charge on any atom is -0.494 e. The van der Waals surface area contributed by atoms with E-state index in [0.717, 1.165) is 42.4 Å². The number of nitrogens with zero attached hydrogens (tertiary/aromatic N) is 4. The van der Waals surface area contributed by atoms with Crippen molar-refractivity contribution in [3.63, 3.8) is 0 Å². The van der Waals surface area contributed by atoms with E-state index in [1.165, 1.54) is 0 Å². The lowest BCUT2D eigenvalue weighted by atomic mass is 9.97. The van der Waals surface area contributed by atoms with Crippen LogP contribution in [0.3, 0.4) is 0 Å². The van der Waals surface area contributed by atoms with Gasteiger partial charge >= 0.3 is 0 Å². The number of piperidine rings is 1. The number of rotatable bonds is 5. The van der Waals surface area contributed by atoms with Crippen molar-refractivity contribution in [1.82, 2.24) is 14.6 Å². The number of benzene rings is 1. The predicted molar refractivity (Wildman–Crippen MR) is 109 cm³/mol. The first-order valence-corrected chi connectivity index (χ1v) is 9.81. The number of halogens is 1. The molecule has 3 aromatic rings. The van der Waals surface area contributed by atoms with Gasteiger partial charge < -0.3 is 15.0 Å². The van der Waals surface area contributed by atoms with Gasteiger partial charge in [0.25, 0.3) is 0 Å². The van der Waals surface area contributed by atoms with Gasteiger partial charge in [-0.2, -0.15) is 0 Å². The molecule has 1 fully saturated rings. The molecular formula is C20H22ClN5O2. The molecule has 1 N–H and O–H groups in total. The Balaban J connectivity index is 1.45. The average Bonchev–Trinajstić information content (AvgIpc) is 3.13. The van der Waals surface area contributed by atoms with Crippen LogP contribution in [0.2, 0.25) is 5.02 Å². The van der Waals surface area contributed by atoms with E-state index < -0.39 is 0 Å². The van der Waals surface area contributed by atoms with E-state index in [9.17, 15) is 4.79 Å². The van der Waals surface area contributed by atoms with Gasteiger partial charge in [-0.15, -0.1) is 10.2 Å². The first-order valence-electron chi connectivity index (χ1n) is 9.43. The zero-order chi connectivity index (χ0) is 19.5. The van der Waals surface area contributed by atoms with E-state index in [1.54, 1.807) is 12.3 Å². The lowest BCUT2D eigenvalue weighted by Gasteiger charge is -2.32. The molecule has 0 spiro atoms. The Hall–Kier alpha value is -2.80. The third-order valence-corrected chi connectivity index (χ3v) is 5.08. The number of pyridine rings is 1. The number of hydrogen-bond acceptors (Lipinski definition) is 5. The number of carbonyl (C=O) groups is 1. The highest BCUT2D eigenvalue weighted by Gasteiger charge is 2.28. The molecule has 0 saturated carbocycles. The molecule has 4 rings (SSSR count). The highest BCUT2D eigenvalue weighted by Crippen LogP contribution is 2.25. The monoisotopic (exact) mass is 399 g/mol. The van der Waals surface area contributed by atoms with Crippen molar-refractivity contribution >= 4 is 34.8 Å². The van der Waals surface area contributed by atoms with Crippen LogP contribution in [0.1, 0.15) is 19.8 Å². The van der Waals surface area contributed by atoms with Crippen LogP contribution in [0.15, 0.2) is 42.6 Å². The van der Waals surface area contributed by atoms with Crippen molar-refractivity contribution in [2.45, 2.75) is 19.8 Å². The van der Waals surface area contributed by atoms with Gasteiger partial charge in [0.15, 0.2) is 5.65 Å². The van der Waals surface area contributed by atoms with Gasteiger partial charge in [0.1, 0.15) is 5.75 Å². The van der Waals surface area contributed by atoms with Gasteiger partial charge in [0, 0.05) is 25.0 Å². The number of hydrogen-bond donors (Lipinski definition) is 1. The first kappa shape index (κ1) is 18.6. The Labute approximate surface area is 168 Å². The largest absolute Gasteiger partial charge is 0.494 e. The van der Waals surface area contributed by atoms with Crippen LogP contribution in [0.5, 0.6) is 5.75 Å². The van der Waals surface area contributed by atoms with E-state index in [0.29, 0.717) is 18.2 Å². The Morgan fingerprint density at radius 2 is 2.07 bits per heavy atom. The third kappa shape index (κ3) is 3.89. The zero-order valence-corrected chi connectivity index (χ0v) is 16.4. The second-order valence-electron chi connectivity index (χ2n) is 6.81. The molecule has 3 heterocycles. The molecular weight excluding hydrogens is 378 g/mol. The van der Waals surface area contributed by atoms with E-state index >= 15 is 0 Å². The highest BCUT2D eigenvalue weighted by molar-refractivity contribution is 6.30. The Kier molecular flexibility index (Phi) is 5.34. The Morgan fingerprint density at radius 1 is 1.25 bits per heavy atom. The fourth-order valence-electron chi connectivity index (χ4n) is 3.49. The number of fused-ring (bicyclic) bond motifs is 1. The normalized spacial score (nSPS) is 16.9. The van der Waals surface area contributed by atoms with Crippen LogP contribution in [-0.2, 0) is 4.79 Å². The van der Waals surface area contributed by atoms with Gasteiger partial charge in [-0.3, -0.25) is 9.20 Å². The average molecular weight is 400 g/mol. The molecule has 7 nitrogen and oxygen atoms in total. The number of ether oxygens (including phenoxy) is 1. The van der Waals surface area contributed by atoms with E-state index in [1.807, 2.05) is 41.7 Å². The second kappa shape index (κ2) is 8.06. The maximum Gasteiger partial charge on any atom is 0.231 e. The summed E-state index contributed by atoms with van der Waals surface area (Å²) in [4.78, 5) is 14.9. The van der Waals surface area contributed by atoms with Gasteiger partial charge in [-0.25, -0.2) is 0 Å². The number of anilines is 2. The second-order valence-corrected chi connectivity index (χ2v) is 7.24. The topological polar surface area (TPSA) is 71.8 Å². The van der Waals surface area contributed by atoms with E-state index in [2.05, 4.69) is 20.4 Å². The SMILES string of the molecule is CCOc1ccc(NC(=O)[C@H]2CCCN(c3nnc4ccc(Cl)cn34)C2)cc1. The summed E-state index contributed by atoms with van der Waals surface area (Å²) in [5.74, 6) is 1.41. The summed E-state index contributed by atoms with van der Waals surface area (Å²) < 4.78 is 7.31. The fraction of sp³-hybridized carbons (Fsp3) is 0.350. The molecule has 1 aliphatic heterocycles. The summed E-state index contributed by atoms with van der Waals surface area (Å²) in [7, 11) is 0. The minimum absolute atomic E-state index is 0.0145. The number of nitrogens with one attached hydrogen (secondary N) is 1. The number of carbonyl (C=O) groups excluding carboxylic acids is 1. The van der Waals surface area contributed by atoms with Gasteiger partial charge in [0.05, 0.1) is 17.5 Å². The van der Waals surface area contributed by atoms with Crippen molar-refractivity contribution in [3.8, 4) is 5.75 Å². The third-order valence-electron chi connectivity index (χ3n) is 4.86. The highest BCUT2D eigenvalue weighted by atomic mass is 35.5. The maximum atomic E-state index is 12.8. The first-order chi connectivity index (χ1) is 13.6. The maximum absolute atomic E-state index is 12.8. The van der Waals surface area contributed by atoms with E-state index in [-0.39, 0.29) is 11.8 Å². The van der Waals surface area contributed by atoms with Gasteiger partial charge in [0.2, 0.25) is 11.9 Å². The molecule has 8 heteroatoms. The molecule has 1 aromatic carbocycles. The van der Waals surface area contributed by atoms with Crippen LogP contribution in [0.25, 0.3) is 5.65 Å². The van der Waals surface area contributed by atoms with Crippen LogP contribution in [0, 0.1) is 5.92 Å². The van der Waals surface area contributed by atoms with Crippen molar-refractivity contribution in [1.29, 1.82) is 0 Å². The van der Waals surface area contributed by atoms with Crippen molar-refractivity contribution in [2.75, 3.05) is 29.9 Å². The predicted octanol–water partition coefficient (Wildman–Crippen LogP) is 3.64. The number of amides is 1. The summed E-state index contributed by atoms with van der Waals surface area (Å²) in [5, 5.41) is 12.1. The lowest BCUT2D eigenvalue weighted by Crippen LogP contribution is -2.41. The fourth-order valence-corrected chi connectivity index (χ4v) is 3.65. The molecule has 0 aliphatic carbocycles. The van der Waals surface area contributed by atoms with Crippen molar-refractivity contribution in [2.24, 2.45) is 5.92 Å². The molecule has 1 atom stereocenters. The van der Waals surface area contributed by atoms with Gasteiger partial charge in [-0.05, 0) is 56.2 Å². The molecule has 1 saturated heterocycles. The molecule has 0 bridgehead atoms. The van der Waals surface area contributed by atoms with Crippen LogP contribution >= 0.6 is 11.6 Å². The molecule has 0 radical (unpaired) electrons. The quantitative estimate of drug-likeness (QED) is 0.709. The van der Waals surface area contributed by atoms with Crippen LogP contribution in [0.4, 0.5) is 11.6 Å². The molecule has 1 amide bonds. The summed E-state index contributed by atoms with van der Waals surface area (Å²) in [6, 6.07) is 11.1. The standard InChI is InChI=1S/C20H22ClN5O2/c1-2-28-17-8-6-16(7-9-17)22-19(27)14-4-3-11-25(12-14)20-24-23-18-10-5-15(21)13-26(18)20/h5-10,13-14H,2-4,11-12H2,1H3,(H,22,27)/t14-/m0/s1. The van der Waals surface area contributed by atoms with Crippen molar-refractivity contribution in [3.05, 3.63) is 47.6 Å². The zero-order valence-electron chi connectivity index (χ0n) is 15.6. The number of aromatic nitrogens is 3. The summed E-state index contributed by atoms with van der Waals surface area (Å²) in [5.41, 5.74) is 1.51. The molecule has 146 valence electrons. The Morgan fingerprint density at radius 3 is 2.86 bits per heavy atom.